The fourth-order valence-corrected chi connectivity index (χ4v) is 2.88. The topological polar surface area (TPSA) is 67.2 Å². The molecule has 2 aromatic rings. The summed E-state index contributed by atoms with van der Waals surface area (Å²) in [5.41, 5.74) is 1.62. The van der Waals surface area contributed by atoms with Gasteiger partial charge < -0.3 is 15.0 Å². The normalized spacial score (nSPS) is 15.9. The zero-order chi connectivity index (χ0) is 22.0. The molecule has 160 valence electrons. The molecule has 0 unspecified atom stereocenters. The highest BCUT2D eigenvalue weighted by Crippen LogP contribution is 2.26. The highest BCUT2D eigenvalue weighted by molar-refractivity contribution is 5.81. The molecule has 3 rings (SSSR count). The molecule has 1 aliphatic rings. The number of para-hydroxylation sites is 1. The van der Waals surface area contributed by atoms with E-state index in [1.165, 1.54) is 18.8 Å². The van der Waals surface area contributed by atoms with Crippen LogP contribution in [-0.4, -0.2) is 47.5 Å². The van der Waals surface area contributed by atoms with Crippen molar-refractivity contribution in [2.75, 3.05) is 25.5 Å². The molecule has 0 spiro atoms. The number of aryl methyl sites for hydroxylation is 2. The van der Waals surface area contributed by atoms with Crippen molar-refractivity contribution in [3.8, 4) is 0 Å². The van der Waals surface area contributed by atoms with E-state index in [-0.39, 0.29) is 11.8 Å². The SMILES string of the molecule is C=O.CCc1ccccc1NC[C@@H]1CCN(C)C1=O.Cn1ccc(C(F)(F)F)n1. The summed E-state index contributed by atoms with van der Waals surface area (Å²) in [7, 11) is 3.32. The van der Waals surface area contributed by atoms with E-state index in [1.807, 2.05) is 24.8 Å². The van der Waals surface area contributed by atoms with Gasteiger partial charge in [0.2, 0.25) is 5.91 Å². The van der Waals surface area contributed by atoms with Gasteiger partial charge in [0.1, 0.15) is 6.79 Å². The lowest BCUT2D eigenvalue weighted by Crippen LogP contribution is -2.26. The molecule has 1 aliphatic heterocycles. The molecular formula is C20H27F3N4O2. The average molecular weight is 412 g/mol. The second kappa shape index (κ2) is 11.2. The minimum absolute atomic E-state index is 0.143. The Hall–Kier alpha value is -2.84. The standard InChI is InChI=1S/C14H20N2O.C5H5F3N2.CH2O/c1-3-11-6-4-5-7-13(11)15-10-12-8-9-16(2)14(12)17;1-10-3-2-4(9-10)5(6,7)8;1-2/h4-7,12,15H,3,8-10H2,1-2H3;2-3H,1H3;1H2/t12-;;/m0../s1. The predicted octanol–water partition coefficient (Wildman–Crippen LogP) is 3.39. The Morgan fingerprint density at radius 2 is 1.86 bits per heavy atom. The molecule has 1 aromatic carbocycles. The van der Waals surface area contributed by atoms with Gasteiger partial charge in [0.15, 0.2) is 5.69 Å². The van der Waals surface area contributed by atoms with E-state index in [0.717, 1.165) is 42.4 Å². The summed E-state index contributed by atoms with van der Waals surface area (Å²) in [6.45, 7) is 5.79. The van der Waals surface area contributed by atoms with Crippen molar-refractivity contribution in [1.82, 2.24) is 14.7 Å². The lowest BCUT2D eigenvalue weighted by molar-refractivity contribution is -0.141. The number of rotatable bonds is 4. The first-order valence-electron chi connectivity index (χ1n) is 9.14. The molecule has 1 aromatic heterocycles. The number of anilines is 1. The van der Waals surface area contributed by atoms with E-state index in [0.29, 0.717) is 0 Å². The first-order chi connectivity index (χ1) is 13.7. The van der Waals surface area contributed by atoms with Crippen LogP contribution in [0.5, 0.6) is 0 Å². The Kier molecular flexibility index (Phi) is 9.37. The molecule has 1 fully saturated rings. The van der Waals surface area contributed by atoms with E-state index in [9.17, 15) is 18.0 Å². The van der Waals surface area contributed by atoms with Crippen LogP contribution in [0.4, 0.5) is 18.9 Å². The van der Waals surface area contributed by atoms with Crippen LogP contribution in [0, 0.1) is 5.92 Å². The largest absolute Gasteiger partial charge is 0.435 e. The molecule has 1 amide bonds. The Morgan fingerprint density at radius 1 is 1.21 bits per heavy atom. The number of amides is 1. The van der Waals surface area contributed by atoms with Gasteiger partial charge in [-0.25, -0.2) is 0 Å². The molecule has 1 N–H and O–H groups in total. The second-order valence-corrected chi connectivity index (χ2v) is 6.51. The maximum atomic E-state index is 11.8. The third-order valence-corrected chi connectivity index (χ3v) is 4.48. The molecule has 29 heavy (non-hydrogen) atoms. The number of nitrogens with one attached hydrogen (secondary N) is 1. The molecule has 6 nitrogen and oxygen atoms in total. The van der Waals surface area contributed by atoms with Crippen molar-refractivity contribution in [2.45, 2.75) is 25.9 Å². The Balaban J connectivity index is 0.000000299. The third-order valence-electron chi connectivity index (χ3n) is 4.48. The van der Waals surface area contributed by atoms with Gasteiger partial charge in [-0.1, -0.05) is 25.1 Å². The van der Waals surface area contributed by atoms with Crippen LogP contribution in [0.2, 0.25) is 0 Å². The molecule has 9 heteroatoms. The maximum Gasteiger partial charge on any atom is 0.435 e. The lowest BCUT2D eigenvalue weighted by Gasteiger charge is -2.14. The van der Waals surface area contributed by atoms with Crippen molar-refractivity contribution in [3.05, 3.63) is 47.8 Å². The zero-order valence-electron chi connectivity index (χ0n) is 16.9. The van der Waals surface area contributed by atoms with Crippen LogP contribution in [0.25, 0.3) is 0 Å². The van der Waals surface area contributed by atoms with E-state index in [4.69, 9.17) is 4.79 Å². The van der Waals surface area contributed by atoms with Crippen LogP contribution in [0.15, 0.2) is 36.5 Å². The minimum atomic E-state index is -4.32. The summed E-state index contributed by atoms with van der Waals surface area (Å²) >= 11 is 0. The van der Waals surface area contributed by atoms with E-state index < -0.39 is 11.9 Å². The van der Waals surface area contributed by atoms with Gasteiger partial charge in [0.25, 0.3) is 0 Å². The number of hydrogen-bond acceptors (Lipinski definition) is 4. The summed E-state index contributed by atoms with van der Waals surface area (Å²) in [5, 5.41) is 6.58. The van der Waals surface area contributed by atoms with E-state index in [1.54, 1.807) is 0 Å². The summed E-state index contributed by atoms with van der Waals surface area (Å²) in [5.74, 6) is 0.413. The van der Waals surface area contributed by atoms with Crippen molar-refractivity contribution in [2.24, 2.45) is 13.0 Å². The van der Waals surface area contributed by atoms with Gasteiger partial charge in [-0.2, -0.15) is 18.3 Å². The Bertz CT molecular complexity index is 777. The number of aromatic nitrogens is 2. The van der Waals surface area contributed by atoms with Crippen molar-refractivity contribution >= 4 is 18.4 Å². The average Bonchev–Trinajstić information content (AvgIpc) is 3.29. The number of carbonyl (C=O) groups is 2. The monoisotopic (exact) mass is 412 g/mol. The Labute approximate surface area is 168 Å². The molecule has 1 atom stereocenters. The van der Waals surface area contributed by atoms with Crippen LogP contribution in [0.3, 0.4) is 0 Å². The van der Waals surface area contributed by atoms with Crippen molar-refractivity contribution in [3.63, 3.8) is 0 Å². The van der Waals surface area contributed by atoms with Gasteiger partial charge in [-0.15, -0.1) is 0 Å². The number of halogens is 3. The van der Waals surface area contributed by atoms with Crippen LogP contribution in [-0.2, 0) is 29.2 Å². The first kappa shape index (κ1) is 24.2. The molecular weight excluding hydrogens is 385 g/mol. The smallest absolute Gasteiger partial charge is 0.384 e. The second-order valence-electron chi connectivity index (χ2n) is 6.51. The predicted molar refractivity (Wildman–Crippen MR) is 105 cm³/mol. The third kappa shape index (κ3) is 7.24. The molecule has 0 aliphatic carbocycles. The fraction of sp³-hybridized carbons (Fsp3) is 0.450. The summed E-state index contributed by atoms with van der Waals surface area (Å²) in [6.07, 6.45) is -1.08. The summed E-state index contributed by atoms with van der Waals surface area (Å²) in [4.78, 5) is 21.6. The van der Waals surface area contributed by atoms with E-state index in [2.05, 4.69) is 35.5 Å². The lowest BCUT2D eigenvalue weighted by atomic mass is 10.1. The Morgan fingerprint density at radius 3 is 2.31 bits per heavy atom. The van der Waals surface area contributed by atoms with Gasteiger partial charge >= 0.3 is 6.18 Å². The summed E-state index contributed by atoms with van der Waals surface area (Å²) in [6, 6.07) is 9.23. The first-order valence-corrected chi connectivity index (χ1v) is 9.14. The highest BCUT2D eigenvalue weighted by Gasteiger charge is 2.33. The minimum Gasteiger partial charge on any atom is -0.384 e. The molecule has 0 saturated carbocycles. The van der Waals surface area contributed by atoms with Gasteiger partial charge in [-0.05, 0) is 30.5 Å². The number of likely N-dealkylation sites (tertiary alicyclic amines) is 1. The van der Waals surface area contributed by atoms with Crippen LogP contribution < -0.4 is 5.32 Å². The van der Waals surface area contributed by atoms with Gasteiger partial charge in [0, 0.05) is 39.1 Å². The number of carbonyl (C=O) groups excluding carboxylic acids is 2. The van der Waals surface area contributed by atoms with Crippen LogP contribution in [0.1, 0.15) is 24.6 Å². The number of alkyl halides is 3. The zero-order valence-corrected chi connectivity index (χ0v) is 16.9. The number of hydrogen-bond donors (Lipinski definition) is 1. The maximum absolute atomic E-state index is 11.8. The number of nitrogens with zero attached hydrogens (tertiary/aromatic N) is 3. The molecule has 0 radical (unpaired) electrons. The van der Waals surface area contributed by atoms with Gasteiger partial charge in [0.05, 0.1) is 5.92 Å². The highest BCUT2D eigenvalue weighted by atomic mass is 19.4. The molecule has 2 heterocycles. The van der Waals surface area contributed by atoms with Crippen LogP contribution >= 0.6 is 0 Å². The van der Waals surface area contributed by atoms with E-state index >= 15 is 0 Å². The molecule has 0 bridgehead atoms. The quantitative estimate of drug-likeness (QED) is 0.836. The van der Waals surface area contributed by atoms with Crippen molar-refractivity contribution in [1.29, 1.82) is 0 Å². The van der Waals surface area contributed by atoms with Crippen molar-refractivity contribution < 1.29 is 22.8 Å². The summed E-state index contributed by atoms with van der Waals surface area (Å²) < 4.78 is 36.3. The van der Waals surface area contributed by atoms with Gasteiger partial charge in [-0.3, -0.25) is 9.48 Å². The number of benzene rings is 1. The molecule has 1 saturated heterocycles. The fourth-order valence-electron chi connectivity index (χ4n) is 2.88.